The Hall–Kier alpha value is -3.03. The number of amides is 1. The molecular weight excluding hydrogens is 376 g/mol. The lowest BCUT2D eigenvalue weighted by Gasteiger charge is -2.26. The predicted molar refractivity (Wildman–Crippen MR) is 106 cm³/mol. The SMILES string of the molecule is CCOc1ccc2c(O[C@@H]3C[C@@H](C(=O)O)N(C(=O)OC(C)(C)C)C3)nccc2c1. The smallest absolute Gasteiger partial charge is 0.411 e. The Morgan fingerprint density at radius 3 is 2.69 bits per heavy atom. The molecular formula is C21H26N2O6. The molecule has 8 heteroatoms. The summed E-state index contributed by atoms with van der Waals surface area (Å²) in [7, 11) is 0. The molecule has 1 amide bonds. The average molecular weight is 402 g/mol. The lowest BCUT2D eigenvalue weighted by atomic mass is 10.1. The number of carboxylic acid groups (broad SMARTS) is 1. The van der Waals surface area contributed by atoms with Gasteiger partial charge in [0, 0.05) is 18.0 Å². The van der Waals surface area contributed by atoms with Crippen LogP contribution in [0.4, 0.5) is 4.79 Å². The Balaban J connectivity index is 1.80. The number of carbonyl (C=O) groups is 2. The minimum Gasteiger partial charge on any atom is -0.494 e. The zero-order chi connectivity index (χ0) is 21.2. The molecule has 0 radical (unpaired) electrons. The zero-order valence-corrected chi connectivity index (χ0v) is 17.0. The van der Waals surface area contributed by atoms with Gasteiger partial charge in [0.1, 0.15) is 23.5 Å². The number of hydrogen-bond donors (Lipinski definition) is 1. The van der Waals surface area contributed by atoms with Gasteiger partial charge in [0.2, 0.25) is 5.88 Å². The molecule has 1 fully saturated rings. The van der Waals surface area contributed by atoms with E-state index in [9.17, 15) is 14.7 Å². The first-order valence-corrected chi connectivity index (χ1v) is 9.58. The van der Waals surface area contributed by atoms with E-state index < -0.39 is 29.8 Å². The second-order valence-electron chi connectivity index (χ2n) is 7.89. The lowest BCUT2D eigenvalue weighted by molar-refractivity contribution is -0.142. The highest BCUT2D eigenvalue weighted by Crippen LogP contribution is 2.30. The fourth-order valence-electron chi connectivity index (χ4n) is 3.28. The molecule has 1 saturated heterocycles. The second-order valence-corrected chi connectivity index (χ2v) is 7.89. The molecule has 1 aliphatic rings. The van der Waals surface area contributed by atoms with Crippen LogP contribution in [0.5, 0.6) is 11.6 Å². The van der Waals surface area contributed by atoms with E-state index in [1.807, 2.05) is 31.2 Å². The summed E-state index contributed by atoms with van der Waals surface area (Å²) in [6.07, 6.45) is 0.614. The number of benzene rings is 1. The molecule has 2 heterocycles. The zero-order valence-electron chi connectivity index (χ0n) is 17.0. The Morgan fingerprint density at radius 2 is 2.03 bits per heavy atom. The van der Waals surface area contributed by atoms with Crippen molar-refractivity contribution in [2.75, 3.05) is 13.2 Å². The first-order chi connectivity index (χ1) is 13.7. The van der Waals surface area contributed by atoms with Crippen LogP contribution in [0.2, 0.25) is 0 Å². The maximum atomic E-state index is 12.4. The largest absolute Gasteiger partial charge is 0.494 e. The number of hydrogen-bond acceptors (Lipinski definition) is 6. The summed E-state index contributed by atoms with van der Waals surface area (Å²) in [4.78, 5) is 29.6. The molecule has 1 aromatic carbocycles. The summed E-state index contributed by atoms with van der Waals surface area (Å²) in [6.45, 7) is 7.81. The third-order valence-corrected chi connectivity index (χ3v) is 4.46. The van der Waals surface area contributed by atoms with E-state index in [0.29, 0.717) is 12.5 Å². The van der Waals surface area contributed by atoms with Crippen molar-refractivity contribution in [1.29, 1.82) is 0 Å². The van der Waals surface area contributed by atoms with Gasteiger partial charge in [-0.1, -0.05) is 0 Å². The third-order valence-electron chi connectivity index (χ3n) is 4.46. The number of likely N-dealkylation sites (tertiary alicyclic amines) is 1. The van der Waals surface area contributed by atoms with E-state index >= 15 is 0 Å². The van der Waals surface area contributed by atoms with Gasteiger partial charge in [-0.15, -0.1) is 0 Å². The number of carboxylic acids is 1. The predicted octanol–water partition coefficient (Wildman–Crippen LogP) is 3.47. The molecule has 156 valence electrons. The molecule has 1 aliphatic heterocycles. The first-order valence-electron chi connectivity index (χ1n) is 9.58. The third kappa shape index (κ3) is 4.88. The molecule has 29 heavy (non-hydrogen) atoms. The number of ether oxygens (including phenoxy) is 3. The van der Waals surface area contributed by atoms with E-state index in [2.05, 4.69) is 4.98 Å². The number of rotatable bonds is 5. The number of aliphatic carboxylic acids is 1. The highest BCUT2D eigenvalue weighted by molar-refractivity contribution is 5.88. The van der Waals surface area contributed by atoms with Crippen LogP contribution in [0.1, 0.15) is 34.1 Å². The molecule has 1 aromatic heterocycles. The van der Waals surface area contributed by atoms with E-state index in [1.54, 1.807) is 27.0 Å². The summed E-state index contributed by atoms with van der Waals surface area (Å²) in [5.41, 5.74) is -0.714. The minimum atomic E-state index is -1.09. The van der Waals surface area contributed by atoms with Gasteiger partial charge >= 0.3 is 12.1 Å². The number of nitrogens with zero attached hydrogens (tertiary/aromatic N) is 2. The normalized spacial score (nSPS) is 19.2. The summed E-state index contributed by atoms with van der Waals surface area (Å²) >= 11 is 0. The monoisotopic (exact) mass is 402 g/mol. The minimum absolute atomic E-state index is 0.112. The van der Waals surface area contributed by atoms with Gasteiger partial charge in [0.15, 0.2) is 0 Å². The number of pyridine rings is 1. The Morgan fingerprint density at radius 1 is 1.28 bits per heavy atom. The van der Waals surface area contributed by atoms with Crippen LogP contribution in [-0.2, 0) is 9.53 Å². The number of carbonyl (C=O) groups excluding carboxylic acids is 1. The van der Waals surface area contributed by atoms with Gasteiger partial charge in [0.05, 0.1) is 13.2 Å². The van der Waals surface area contributed by atoms with Crippen molar-refractivity contribution in [3.63, 3.8) is 0 Å². The summed E-state index contributed by atoms with van der Waals surface area (Å²) in [5, 5.41) is 11.2. The van der Waals surface area contributed by atoms with Crippen molar-refractivity contribution in [2.45, 2.75) is 51.9 Å². The summed E-state index contributed by atoms with van der Waals surface area (Å²) < 4.78 is 16.9. The van der Waals surface area contributed by atoms with E-state index in [4.69, 9.17) is 14.2 Å². The first kappa shape index (κ1) is 20.7. The maximum Gasteiger partial charge on any atom is 0.411 e. The topological polar surface area (TPSA) is 98.2 Å². The molecule has 0 saturated carbocycles. The molecule has 2 atom stereocenters. The number of aromatic nitrogens is 1. The van der Waals surface area contributed by atoms with E-state index in [-0.39, 0.29) is 13.0 Å². The van der Waals surface area contributed by atoms with Crippen LogP contribution in [0.3, 0.4) is 0 Å². The molecule has 8 nitrogen and oxygen atoms in total. The van der Waals surface area contributed by atoms with Crippen molar-refractivity contribution in [2.24, 2.45) is 0 Å². The quantitative estimate of drug-likeness (QED) is 0.817. The van der Waals surface area contributed by atoms with Crippen molar-refractivity contribution >= 4 is 22.8 Å². The van der Waals surface area contributed by atoms with E-state index in [1.165, 1.54) is 4.90 Å². The standard InChI is InChI=1S/C21H26N2O6/c1-5-27-14-6-7-16-13(10-14)8-9-22-18(16)28-15-11-17(19(24)25)23(12-15)20(26)29-21(2,3)4/h6-10,15,17H,5,11-12H2,1-4H3,(H,24,25)/t15-,17+/m1/s1. The van der Waals surface area contributed by atoms with Crippen LogP contribution in [0, 0.1) is 0 Å². The summed E-state index contributed by atoms with van der Waals surface area (Å²) in [5.74, 6) is 0.0555. The fourth-order valence-corrected chi connectivity index (χ4v) is 3.28. The van der Waals surface area contributed by atoms with Gasteiger partial charge in [-0.3, -0.25) is 4.90 Å². The van der Waals surface area contributed by atoms with Crippen LogP contribution >= 0.6 is 0 Å². The Bertz CT molecular complexity index is 908. The molecule has 0 aliphatic carbocycles. The number of fused-ring (bicyclic) bond motifs is 1. The van der Waals surface area contributed by atoms with Crippen molar-refractivity contribution < 1.29 is 28.9 Å². The Kier molecular flexibility index (Phi) is 5.81. The van der Waals surface area contributed by atoms with Crippen LogP contribution in [0.25, 0.3) is 10.8 Å². The van der Waals surface area contributed by atoms with Crippen molar-refractivity contribution in [3.05, 3.63) is 30.5 Å². The second kappa shape index (κ2) is 8.14. The van der Waals surface area contributed by atoms with Crippen LogP contribution < -0.4 is 9.47 Å². The highest BCUT2D eigenvalue weighted by Gasteiger charge is 2.43. The van der Waals surface area contributed by atoms with Gasteiger partial charge in [-0.05, 0) is 57.3 Å². The van der Waals surface area contributed by atoms with Crippen LogP contribution in [-0.4, -0.2) is 58.0 Å². The fraction of sp³-hybridized carbons (Fsp3) is 0.476. The maximum absolute atomic E-state index is 12.4. The molecule has 3 rings (SSSR count). The van der Waals surface area contributed by atoms with E-state index in [0.717, 1.165) is 16.5 Å². The molecule has 0 spiro atoms. The average Bonchev–Trinajstić information content (AvgIpc) is 3.05. The molecule has 0 bridgehead atoms. The van der Waals surface area contributed by atoms with Crippen LogP contribution in [0.15, 0.2) is 30.5 Å². The summed E-state index contributed by atoms with van der Waals surface area (Å²) in [6, 6.07) is 6.44. The highest BCUT2D eigenvalue weighted by atomic mass is 16.6. The van der Waals surface area contributed by atoms with Crippen molar-refractivity contribution in [3.8, 4) is 11.6 Å². The lowest BCUT2D eigenvalue weighted by Crippen LogP contribution is -2.43. The van der Waals surface area contributed by atoms with Gasteiger partial charge < -0.3 is 19.3 Å². The van der Waals surface area contributed by atoms with Gasteiger partial charge in [-0.2, -0.15) is 0 Å². The Labute approximate surface area is 169 Å². The van der Waals surface area contributed by atoms with Gasteiger partial charge in [0.25, 0.3) is 0 Å². The molecule has 1 N–H and O–H groups in total. The van der Waals surface area contributed by atoms with Gasteiger partial charge in [-0.25, -0.2) is 14.6 Å². The van der Waals surface area contributed by atoms with Crippen molar-refractivity contribution in [1.82, 2.24) is 9.88 Å². The molecule has 0 unspecified atom stereocenters. The molecule has 2 aromatic rings.